The van der Waals surface area contributed by atoms with Crippen molar-refractivity contribution in [3.63, 3.8) is 0 Å². The maximum absolute atomic E-state index is 12.5. The average molecular weight is 392 g/mol. The third-order valence-corrected chi connectivity index (χ3v) is 5.23. The molecule has 150 valence electrons. The molecule has 1 saturated heterocycles. The highest BCUT2D eigenvalue weighted by molar-refractivity contribution is 5.91. The molecule has 6 nitrogen and oxygen atoms in total. The van der Waals surface area contributed by atoms with Crippen LogP contribution in [-0.2, 0) is 4.79 Å². The molecule has 4 rings (SSSR count). The summed E-state index contributed by atoms with van der Waals surface area (Å²) in [6.45, 7) is 3.02. The molecular weight excluding hydrogens is 368 g/mol. The number of benzene rings is 2. The number of carbonyl (C=O) groups is 2. The van der Waals surface area contributed by atoms with Crippen LogP contribution in [0.4, 0.5) is 0 Å². The van der Waals surface area contributed by atoms with E-state index < -0.39 is 0 Å². The lowest BCUT2D eigenvalue weighted by atomic mass is 10.0. The summed E-state index contributed by atoms with van der Waals surface area (Å²) in [7, 11) is 0. The van der Waals surface area contributed by atoms with Crippen LogP contribution in [0.3, 0.4) is 0 Å². The zero-order valence-electron chi connectivity index (χ0n) is 16.4. The molecule has 2 heterocycles. The minimum atomic E-state index is -0.206. The highest BCUT2D eigenvalue weighted by Gasteiger charge is 2.25. The number of furan rings is 1. The van der Waals surface area contributed by atoms with E-state index in [1.165, 1.54) is 0 Å². The van der Waals surface area contributed by atoms with Crippen molar-refractivity contribution < 1.29 is 18.7 Å². The molecule has 0 unspecified atom stereocenters. The van der Waals surface area contributed by atoms with Gasteiger partial charge in [-0.3, -0.25) is 9.59 Å². The summed E-state index contributed by atoms with van der Waals surface area (Å²) in [5.41, 5.74) is 0. The Balaban J connectivity index is 1.24. The van der Waals surface area contributed by atoms with E-state index in [4.69, 9.17) is 9.15 Å². The Morgan fingerprint density at radius 2 is 1.83 bits per heavy atom. The molecule has 1 aliphatic heterocycles. The van der Waals surface area contributed by atoms with Gasteiger partial charge in [-0.25, -0.2) is 0 Å². The summed E-state index contributed by atoms with van der Waals surface area (Å²) in [6, 6.07) is 17.3. The molecule has 1 N–H and O–H groups in total. The van der Waals surface area contributed by atoms with Crippen molar-refractivity contribution in [2.24, 2.45) is 0 Å². The lowest BCUT2D eigenvalue weighted by molar-refractivity contribution is -0.134. The van der Waals surface area contributed by atoms with Crippen LogP contribution in [0.15, 0.2) is 59.0 Å². The minimum Gasteiger partial charge on any atom is -0.484 e. The molecule has 0 radical (unpaired) electrons. The molecule has 1 aliphatic rings. The molecule has 0 bridgehead atoms. The Labute approximate surface area is 169 Å². The van der Waals surface area contributed by atoms with Gasteiger partial charge in [0.25, 0.3) is 11.8 Å². The number of aryl methyl sites for hydroxylation is 1. The molecular formula is C23H24N2O4. The van der Waals surface area contributed by atoms with Gasteiger partial charge in [-0.1, -0.05) is 30.3 Å². The first-order chi connectivity index (χ1) is 14.1. The predicted octanol–water partition coefficient (Wildman–Crippen LogP) is 3.54. The van der Waals surface area contributed by atoms with Gasteiger partial charge in [0.2, 0.25) is 0 Å². The smallest absolute Gasteiger partial charge is 0.287 e. The number of likely N-dealkylation sites (tertiary alicyclic amines) is 1. The summed E-state index contributed by atoms with van der Waals surface area (Å²) in [4.78, 5) is 26.5. The molecule has 0 spiro atoms. The second-order valence-electron chi connectivity index (χ2n) is 7.34. The molecule has 29 heavy (non-hydrogen) atoms. The summed E-state index contributed by atoms with van der Waals surface area (Å²) in [6.07, 6.45) is 1.43. The molecule has 0 atom stereocenters. The van der Waals surface area contributed by atoms with E-state index in [0.717, 1.165) is 10.8 Å². The van der Waals surface area contributed by atoms with E-state index in [9.17, 15) is 9.59 Å². The van der Waals surface area contributed by atoms with Gasteiger partial charge in [0.05, 0.1) is 0 Å². The van der Waals surface area contributed by atoms with Gasteiger partial charge in [0.15, 0.2) is 12.4 Å². The standard InChI is InChI=1S/C23H24N2O4/c1-16-6-9-21(29-16)23(27)24-19-10-12-25(13-11-19)22(26)15-28-20-8-7-17-4-2-3-5-18(17)14-20/h2-9,14,19H,10-13,15H2,1H3,(H,24,27). The third-order valence-electron chi connectivity index (χ3n) is 5.23. The van der Waals surface area contributed by atoms with Crippen molar-refractivity contribution in [2.45, 2.75) is 25.8 Å². The topological polar surface area (TPSA) is 71.8 Å². The van der Waals surface area contributed by atoms with Gasteiger partial charge in [0.1, 0.15) is 11.5 Å². The number of nitrogens with zero attached hydrogens (tertiary/aromatic N) is 1. The van der Waals surface area contributed by atoms with Crippen molar-refractivity contribution in [1.82, 2.24) is 10.2 Å². The van der Waals surface area contributed by atoms with Gasteiger partial charge < -0.3 is 19.4 Å². The van der Waals surface area contributed by atoms with Gasteiger partial charge in [-0.05, 0) is 54.8 Å². The van der Waals surface area contributed by atoms with Crippen molar-refractivity contribution >= 4 is 22.6 Å². The van der Waals surface area contributed by atoms with E-state index in [0.29, 0.717) is 43.2 Å². The van der Waals surface area contributed by atoms with Gasteiger partial charge in [-0.2, -0.15) is 0 Å². The van der Waals surface area contributed by atoms with Crippen molar-refractivity contribution in [2.75, 3.05) is 19.7 Å². The van der Waals surface area contributed by atoms with Crippen molar-refractivity contribution in [3.05, 3.63) is 66.1 Å². The first-order valence-electron chi connectivity index (χ1n) is 9.85. The highest BCUT2D eigenvalue weighted by Crippen LogP contribution is 2.21. The predicted molar refractivity (Wildman–Crippen MR) is 110 cm³/mol. The second-order valence-corrected chi connectivity index (χ2v) is 7.34. The van der Waals surface area contributed by atoms with E-state index in [-0.39, 0.29) is 24.5 Å². The van der Waals surface area contributed by atoms with E-state index in [2.05, 4.69) is 5.32 Å². The minimum absolute atomic E-state index is 0.0149. The largest absolute Gasteiger partial charge is 0.484 e. The van der Waals surface area contributed by atoms with Crippen LogP contribution < -0.4 is 10.1 Å². The molecule has 2 amide bonds. The normalized spacial score (nSPS) is 14.7. The van der Waals surface area contributed by atoms with Crippen LogP contribution in [0.1, 0.15) is 29.2 Å². The van der Waals surface area contributed by atoms with Crippen molar-refractivity contribution in [3.8, 4) is 5.75 Å². The number of rotatable bonds is 5. The quantitative estimate of drug-likeness (QED) is 0.721. The van der Waals surface area contributed by atoms with Crippen LogP contribution in [0.2, 0.25) is 0 Å². The summed E-state index contributed by atoms with van der Waals surface area (Å²) in [5.74, 6) is 1.48. The monoisotopic (exact) mass is 392 g/mol. The summed E-state index contributed by atoms with van der Waals surface area (Å²) in [5, 5.41) is 5.20. The van der Waals surface area contributed by atoms with Crippen LogP contribution in [0, 0.1) is 6.92 Å². The molecule has 2 aromatic carbocycles. The lowest BCUT2D eigenvalue weighted by Gasteiger charge is -2.32. The molecule has 1 fully saturated rings. The maximum atomic E-state index is 12.5. The van der Waals surface area contributed by atoms with Crippen LogP contribution >= 0.6 is 0 Å². The molecule has 3 aromatic rings. The molecule has 0 saturated carbocycles. The number of hydrogen-bond donors (Lipinski definition) is 1. The number of piperidine rings is 1. The number of fused-ring (bicyclic) bond motifs is 1. The van der Waals surface area contributed by atoms with Crippen LogP contribution in [0.25, 0.3) is 10.8 Å². The Morgan fingerprint density at radius 1 is 1.07 bits per heavy atom. The zero-order valence-corrected chi connectivity index (χ0v) is 16.4. The maximum Gasteiger partial charge on any atom is 0.287 e. The SMILES string of the molecule is Cc1ccc(C(=O)NC2CCN(C(=O)COc3ccc4ccccc4c3)CC2)o1. The Hall–Kier alpha value is -3.28. The number of nitrogens with one attached hydrogen (secondary N) is 1. The third kappa shape index (κ3) is 4.59. The number of carbonyl (C=O) groups excluding carboxylic acids is 2. The van der Waals surface area contributed by atoms with Gasteiger partial charge in [-0.15, -0.1) is 0 Å². The first-order valence-corrected chi connectivity index (χ1v) is 9.85. The molecule has 0 aliphatic carbocycles. The summed E-state index contributed by atoms with van der Waals surface area (Å²) >= 11 is 0. The van der Waals surface area contributed by atoms with E-state index >= 15 is 0 Å². The second kappa shape index (κ2) is 8.39. The highest BCUT2D eigenvalue weighted by atomic mass is 16.5. The van der Waals surface area contributed by atoms with Gasteiger partial charge >= 0.3 is 0 Å². The number of hydrogen-bond acceptors (Lipinski definition) is 4. The van der Waals surface area contributed by atoms with Crippen LogP contribution in [0.5, 0.6) is 5.75 Å². The zero-order chi connectivity index (χ0) is 20.2. The Morgan fingerprint density at radius 3 is 2.55 bits per heavy atom. The van der Waals surface area contributed by atoms with Gasteiger partial charge in [0, 0.05) is 19.1 Å². The average Bonchev–Trinajstić information content (AvgIpc) is 3.19. The van der Waals surface area contributed by atoms with Crippen LogP contribution in [-0.4, -0.2) is 42.5 Å². The van der Waals surface area contributed by atoms with Crippen molar-refractivity contribution in [1.29, 1.82) is 0 Å². The van der Waals surface area contributed by atoms with E-state index in [1.807, 2.05) is 42.5 Å². The fourth-order valence-electron chi connectivity index (χ4n) is 3.58. The first kappa shape index (κ1) is 19.1. The lowest BCUT2D eigenvalue weighted by Crippen LogP contribution is -2.47. The molecule has 6 heteroatoms. The number of ether oxygens (including phenoxy) is 1. The number of amides is 2. The Kier molecular flexibility index (Phi) is 5.51. The fourth-order valence-corrected chi connectivity index (χ4v) is 3.58. The fraction of sp³-hybridized carbons (Fsp3) is 0.304. The summed E-state index contributed by atoms with van der Waals surface area (Å²) < 4.78 is 11.1. The van der Waals surface area contributed by atoms with E-state index in [1.54, 1.807) is 24.0 Å². The Bertz CT molecular complexity index is 1020. The molecule has 1 aromatic heterocycles.